The van der Waals surface area contributed by atoms with E-state index in [0.29, 0.717) is 31.9 Å². The molecule has 1 aliphatic rings. The van der Waals surface area contributed by atoms with Gasteiger partial charge >= 0.3 is 0 Å². The number of halogens is 2. The highest BCUT2D eigenvalue weighted by atomic mass is 19.1. The number of hydrogen-bond acceptors (Lipinski definition) is 3. The van der Waals surface area contributed by atoms with Crippen LogP contribution in [-0.4, -0.2) is 32.5 Å². The number of rotatable bonds is 4. The van der Waals surface area contributed by atoms with Crippen LogP contribution in [0.25, 0.3) is 0 Å². The number of hydrogen-bond donors (Lipinski definition) is 1. The first-order chi connectivity index (χ1) is 8.66. The van der Waals surface area contributed by atoms with Crippen molar-refractivity contribution in [2.24, 2.45) is 0 Å². The zero-order valence-electron chi connectivity index (χ0n) is 10.3. The molecule has 0 radical (unpaired) electrons. The van der Waals surface area contributed by atoms with Crippen LogP contribution in [-0.2, 0) is 9.47 Å². The van der Waals surface area contributed by atoms with Gasteiger partial charge in [-0.3, -0.25) is 0 Å². The summed E-state index contributed by atoms with van der Waals surface area (Å²) in [6, 6.07) is 3.20. The average molecular weight is 257 g/mol. The molecule has 0 bridgehead atoms. The van der Waals surface area contributed by atoms with Crippen molar-refractivity contribution in [3.8, 4) is 0 Å². The standard InChI is InChI=1S/C13H17F2NO2/c1-9(12-6-10(14)2-3-13(12)15)16-7-11-8-17-4-5-18-11/h2-3,6,9,11,16H,4-5,7-8H2,1H3. The summed E-state index contributed by atoms with van der Waals surface area (Å²) in [6.45, 7) is 4.07. The number of nitrogens with one attached hydrogen (secondary N) is 1. The van der Waals surface area contributed by atoms with Gasteiger partial charge in [-0.2, -0.15) is 0 Å². The second-order valence-corrected chi connectivity index (χ2v) is 4.36. The lowest BCUT2D eigenvalue weighted by Crippen LogP contribution is -2.38. The van der Waals surface area contributed by atoms with E-state index >= 15 is 0 Å². The fraction of sp³-hybridized carbons (Fsp3) is 0.538. The van der Waals surface area contributed by atoms with Crippen LogP contribution in [0.15, 0.2) is 18.2 Å². The van der Waals surface area contributed by atoms with Crippen molar-refractivity contribution in [2.75, 3.05) is 26.4 Å². The van der Waals surface area contributed by atoms with E-state index in [1.54, 1.807) is 6.92 Å². The zero-order chi connectivity index (χ0) is 13.0. The molecule has 2 unspecified atom stereocenters. The third kappa shape index (κ3) is 3.48. The van der Waals surface area contributed by atoms with Gasteiger partial charge in [-0.15, -0.1) is 0 Å². The Bertz CT molecular complexity index is 395. The highest BCUT2D eigenvalue weighted by Crippen LogP contribution is 2.18. The first kappa shape index (κ1) is 13.4. The van der Waals surface area contributed by atoms with Gasteiger partial charge in [0.2, 0.25) is 0 Å². The maximum absolute atomic E-state index is 13.5. The van der Waals surface area contributed by atoms with Crippen LogP contribution < -0.4 is 5.32 Å². The van der Waals surface area contributed by atoms with Gasteiger partial charge in [-0.1, -0.05) is 0 Å². The SMILES string of the molecule is CC(NCC1COCCO1)c1cc(F)ccc1F. The Morgan fingerprint density at radius 2 is 2.22 bits per heavy atom. The predicted molar refractivity (Wildman–Crippen MR) is 63.3 cm³/mol. The fourth-order valence-electron chi connectivity index (χ4n) is 1.92. The first-order valence-electron chi connectivity index (χ1n) is 6.04. The molecule has 1 heterocycles. The molecule has 0 spiro atoms. The largest absolute Gasteiger partial charge is 0.376 e. The minimum atomic E-state index is -0.433. The van der Waals surface area contributed by atoms with Crippen molar-refractivity contribution in [1.82, 2.24) is 5.32 Å². The van der Waals surface area contributed by atoms with E-state index < -0.39 is 11.6 Å². The molecular weight excluding hydrogens is 240 g/mol. The molecule has 1 aromatic rings. The Morgan fingerprint density at radius 1 is 1.39 bits per heavy atom. The second kappa shape index (κ2) is 6.22. The molecule has 100 valence electrons. The Balaban J connectivity index is 1.90. The van der Waals surface area contributed by atoms with Crippen LogP contribution in [0.4, 0.5) is 8.78 Å². The molecule has 0 aliphatic carbocycles. The molecule has 1 N–H and O–H groups in total. The van der Waals surface area contributed by atoms with Gasteiger partial charge in [0.25, 0.3) is 0 Å². The van der Waals surface area contributed by atoms with Crippen molar-refractivity contribution >= 4 is 0 Å². The lowest BCUT2D eigenvalue weighted by atomic mass is 10.1. The van der Waals surface area contributed by atoms with E-state index in [1.807, 2.05) is 0 Å². The van der Waals surface area contributed by atoms with Crippen LogP contribution in [0.1, 0.15) is 18.5 Å². The van der Waals surface area contributed by atoms with Crippen LogP contribution in [0, 0.1) is 11.6 Å². The van der Waals surface area contributed by atoms with Gasteiger partial charge in [0.1, 0.15) is 11.6 Å². The monoisotopic (exact) mass is 257 g/mol. The summed E-state index contributed by atoms with van der Waals surface area (Å²) in [7, 11) is 0. The van der Waals surface area contributed by atoms with Gasteiger partial charge in [0.05, 0.1) is 25.9 Å². The molecule has 18 heavy (non-hydrogen) atoms. The average Bonchev–Trinajstić information content (AvgIpc) is 2.40. The summed E-state index contributed by atoms with van der Waals surface area (Å²) >= 11 is 0. The Kier molecular flexibility index (Phi) is 4.63. The normalized spacial score (nSPS) is 21.8. The van der Waals surface area contributed by atoms with E-state index in [4.69, 9.17) is 9.47 Å². The molecule has 1 aromatic carbocycles. The molecule has 1 saturated heterocycles. The Labute approximate surface area is 105 Å². The molecule has 0 saturated carbocycles. The van der Waals surface area contributed by atoms with Crippen LogP contribution in [0.2, 0.25) is 0 Å². The Hall–Kier alpha value is -1.04. The zero-order valence-corrected chi connectivity index (χ0v) is 10.3. The number of benzene rings is 1. The van der Waals surface area contributed by atoms with E-state index in [9.17, 15) is 8.78 Å². The summed E-state index contributed by atoms with van der Waals surface area (Å²) in [5.41, 5.74) is 0.326. The molecule has 3 nitrogen and oxygen atoms in total. The highest BCUT2D eigenvalue weighted by Gasteiger charge is 2.17. The molecule has 5 heteroatoms. The van der Waals surface area contributed by atoms with Crippen molar-refractivity contribution in [2.45, 2.75) is 19.1 Å². The third-order valence-corrected chi connectivity index (χ3v) is 2.96. The fourth-order valence-corrected chi connectivity index (χ4v) is 1.92. The minimum Gasteiger partial charge on any atom is -0.376 e. The van der Waals surface area contributed by atoms with Gasteiger partial charge < -0.3 is 14.8 Å². The van der Waals surface area contributed by atoms with Crippen LogP contribution in [0.3, 0.4) is 0 Å². The maximum atomic E-state index is 13.5. The van der Waals surface area contributed by atoms with Crippen LogP contribution in [0.5, 0.6) is 0 Å². The van der Waals surface area contributed by atoms with Gasteiger partial charge in [0, 0.05) is 18.2 Å². The number of ether oxygens (including phenoxy) is 2. The lowest BCUT2D eigenvalue weighted by molar-refractivity contribution is -0.0870. The summed E-state index contributed by atoms with van der Waals surface area (Å²) in [5, 5.41) is 3.12. The van der Waals surface area contributed by atoms with E-state index in [-0.39, 0.29) is 12.1 Å². The lowest BCUT2D eigenvalue weighted by Gasteiger charge is -2.25. The van der Waals surface area contributed by atoms with E-state index in [0.717, 1.165) is 12.1 Å². The quantitative estimate of drug-likeness (QED) is 0.895. The summed E-state index contributed by atoms with van der Waals surface area (Å²) in [6.07, 6.45) is -0.0298. The molecule has 2 atom stereocenters. The van der Waals surface area contributed by atoms with E-state index in [1.165, 1.54) is 6.07 Å². The van der Waals surface area contributed by atoms with Crippen molar-refractivity contribution in [3.05, 3.63) is 35.4 Å². The Morgan fingerprint density at radius 3 is 2.94 bits per heavy atom. The topological polar surface area (TPSA) is 30.5 Å². The molecule has 0 aromatic heterocycles. The van der Waals surface area contributed by atoms with Gasteiger partial charge in [-0.05, 0) is 25.1 Å². The smallest absolute Gasteiger partial charge is 0.128 e. The molecule has 1 aliphatic heterocycles. The molecule has 0 amide bonds. The second-order valence-electron chi connectivity index (χ2n) is 4.36. The van der Waals surface area contributed by atoms with Crippen molar-refractivity contribution in [1.29, 1.82) is 0 Å². The third-order valence-electron chi connectivity index (χ3n) is 2.96. The minimum absolute atomic E-state index is 0.0298. The molecule has 1 fully saturated rings. The van der Waals surface area contributed by atoms with Crippen molar-refractivity contribution < 1.29 is 18.3 Å². The van der Waals surface area contributed by atoms with Crippen LogP contribution >= 0.6 is 0 Å². The maximum Gasteiger partial charge on any atom is 0.128 e. The van der Waals surface area contributed by atoms with Crippen molar-refractivity contribution in [3.63, 3.8) is 0 Å². The highest BCUT2D eigenvalue weighted by molar-refractivity contribution is 5.21. The van der Waals surface area contributed by atoms with Gasteiger partial charge in [-0.25, -0.2) is 8.78 Å². The summed E-state index contributed by atoms with van der Waals surface area (Å²) in [5.74, 6) is -0.838. The van der Waals surface area contributed by atoms with Gasteiger partial charge in [0.15, 0.2) is 0 Å². The van der Waals surface area contributed by atoms with E-state index in [2.05, 4.69) is 5.32 Å². The first-order valence-corrected chi connectivity index (χ1v) is 6.04. The molecule has 2 rings (SSSR count). The predicted octanol–water partition coefficient (Wildman–Crippen LogP) is 2.03. The molecular formula is C13H17F2NO2. The summed E-state index contributed by atoms with van der Waals surface area (Å²) in [4.78, 5) is 0. The summed E-state index contributed by atoms with van der Waals surface area (Å²) < 4.78 is 37.3.